The third-order valence-corrected chi connectivity index (χ3v) is 7.85. The SMILES string of the molecule is CCCOc1c(C=Nc2sc3c(c2C(=O)Nc2ccc(C)c(C)c2)CCCCCC3)cccc1OC. The van der Waals surface area contributed by atoms with Crippen LogP contribution in [0.2, 0.25) is 0 Å². The Kier molecular flexibility index (Phi) is 8.81. The highest BCUT2D eigenvalue weighted by molar-refractivity contribution is 7.16. The lowest BCUT2D eigenvalue weighted by atomic mass is 9.96. The molecule has 0 radical (unpaired) electrons. The Balaban J connectivity index is 1.72. The van der Waals surface area contributed by atoms with Crippen molar-refractivity contribution >= 4 is 34.1 Å². The van der Waals surface area contributed by atoms with Crippen LogP contribution in [0.5, 0.6) is 11.5 Å². The number of anilines is 1. The molecule has 1 amide bonds. The summed E-state index contributed by atoms with van der Waals surface area (Å²) < 4.78 is 11.5. The minimum absolute atomic E-state index is 0.0865. The summed E-state index contributed by atoms with van der Waals surface area (Å²) >= 11 is 1.65. The Bertz CT molecular complexity index is 1250. The van der Waals surface area contributed by atoms with Gasteiger partial charge in [0.05, 0.1) is 19.3 Å². The monoisotopic (exact) mass is 504 g/mol. The first kappa shape index (κ1) is 26.0. The molecule has 0 saturated heterocycles. The number of thiophene rings is 1. The number of hydrogen-bond donors (Lipinski definition) is 1. The van der Waals surface area contributed by atoms with Crippen molar-refractivity contribution in [3.05, 3.63) is 69.1 Å². The lowest BCUT2D eigenvalue weighted by Gasteiger charge is -2.13. The minimum Gasteiger partial charge on any atom is -0.493 e. The lowest BCUT2D eigenvalue weighted by Crippen LogP contribution is -2.14. The van der Waals surface area contributed by atoms with Gasteiger partial charge >= 0.3 is 0 Å². The van der Waals surface area contributed by atoms with Crippen LogP contribution in [0.4, 0.5) is 10.7 Å². The Hall–Kier alpha value is -3.12. The number of methoxy groups -OCH3 is 1. The van der Waals surface area contributed by atoms with Crippen molar-refractivity contribution in [2.45, 2.75) is 65.7 Å². The molecular formula is C30H36N2O3S. The van der Waals surface area contributed by atoms with E-state index in [1.165, 1.54) is 28.8 Å². The highest BCUT2D eigenvalue weighted by Crippen LogP contribution is 2.40. The standard InChI is InChI=1S/C30H36N2O3S/c1-5-17-35-28-22(11-10-13-25(28)34-4)19-31-30-27(24-12-8-6-7-9-14-26(24)36-30)29(33)32-23-16-15-20(2)21(3)18-23/h10-11,13,15-16,18-19H,5-9,12,14,17H2,1-4H3,(H,32,33). The van der Waals surface area contributed by atoms with E-state index >= 15 is 0 Å². The molecule has 1 heterocycles. The van der Waals surface area contributed by atoms with E-state index in [-0.39, 0.29) is 5.91 Å². The summed E-state index contributed by atoms with van der Waals surface area (Å²) in [7, 11) is 1.64. The molecule has 0 atom stereocenters. The number of rotatable bonds is 8. The number of hydrogen-bond acceptors (Lipinski definition) is 5. The Morgan fingerprint density at radius 2 is 1.89 bits per heavy atom. The average molecular weight is 505 g/mol. The van der Waals surface area contributed by atoms with Gasteiger partial charge in [0.1, 0.15) is 5.00 Å². The van der Waals surface area contributed by atoms with Gasteiger partial charge in [-0.15, -0.1) is 11.3 Å². The van der Waals surface area contributed by atoms with E-state index < -0.39 is 0 Å². The molecule has 190 valence electrons. The van der Waals surface area contributed by atoms with E-state index in [1.54, 1.807) is 24.7 Å². The number of benzene rings is 2. The number of aryl methyl sites for hydroxylation is 3. The number of ether oxygens (including phenoxy) is 2. The quantitative estimate of drug-likeness (QED) is 0.318. The third-order valence-electron chi connectivity index (χ3n) is 6.65. The first-order valence-electron chi connectivity index (χ1n) is 12.9. The Labute approximate surface area is 218 Å². The molecule has 3 aromatic rings. The molecule has 36 heavy (non-hydrogen) atoms. The zero-order valence-electron chi connectivity index (χ0n) is 21.8. The number of carbonyl (C=O) groups excluding carboxylic acids is 1. The molecule has 0 aliphatic heterocycles. The second kappa shape index (κ2) is 12.2. The number of aliphatic imine (C=N–C) groups is 1. The molecule has 0 bridgehead atoms. The molecule has 6 heteroatoms. The Morgan fingerprint density at radius 3 is 2.64 bits per heavy atom. The van der Waals surface area contributed by atoms with E-state index in [9.17, 15) is 4.79 Å². The van der Waals surface area contributed by atoms with E-state index in [2.05, 4.69) is 26.1 Å². The van der Waals surface area contributed by atoms with Crippen LogP contribution in [0.25, 0.3) is 0 Å². The average Bonchev–Trinajstić information content (AvgIpc) is 3.19. The number of carbonyl (C=O) groups is 1. The summed E-state index contributed by atoms with van der Waals surface area (Å²) in [6, 6.07) is 11.8. The second-order valence-corrected chi connectivity index (χ2v) is 10.4. The molecule has 2 aromatic carbocycles. The summed E-state index contributed by atoms with van der Waals surface area (Å²) in [4.78, 5) is 19.8. The van der Waals surface area contributed by atoms with Crippen molar-refractivity contribution < 1.29 is 14.3 Å². The molecule has 4 rings (SSSR count). The number of para-hydroxylation sites is 1. The van der Waals surface area contributed by atoms with Gasteiger partial charge in [0.2, 0.25) is 0 Å². The molecule has 1 N–H and O–H groups in total. The molecule has 1 aromatic heterocycles. The highest BCUT2D eigenvalue weighted by atomic mass is 32.1. The van der Waals surface area contributed by atoms with Crippen LogP contribution in [-0.2, 0) is 12.8 Å². The summed E-state index contributed by atoms with van der Waals surface area (Å²) in [5.74, 6) is 1.27. The number of nitrogens with one attached hydrogen (secondary N) is 1. The summed E-state index contributed by atoms with van der Waals surface area (Å²) in [5, 5.41) is 3.90. The fourth-order valence-electron chi connectivity index (χ4n) is 4.52. The van der Waals surface area contributed by atoms with E-state index in [0.717, 1.165) is 53.9 Å². The van der Waals surface area contributed by atoms with Crippen LogP contribution in [0.1, 0.15) is 76.5 Å². The maximum absolute atomic E-state index is 13.7. The van der Waals surface area contributed by atoms with Crippen molar-refractivity contribution in [2.24, 2.45) is 4.99 Å². The molecule has 1 aliphatic carbocycles. The van der Waals surface area contributed by atoms with Crippen molar-refractivity contribution in [3.8, 4) is 11.5 Å². The highest BCUT2D eigenvalue weighted by Gasteiger charge is 2.24. The topological polar surface area (TPSA) is 59.9 Å². The number of amides is 1. The van der Waals surface area contributed by atoms with Gasteiger partial charge in [-0.05, 0) is 86.9 Å². The molecule has 5 nitrogen and oxygen atoms in total. The normalized spacial score (nSPS) is 13.7. The van der Waals surface area contributed by atoms with Crippen molar-refractivity contribution in [3.63, 3.8) is 0 Å². The van der Waals surface area contributed by atoms with Gasteiger partial charge in [0.25, 0.3) is 5.91 Å². The zero-order valence-corrected chi connectivity index (χ0v) is 22.6. The number of nitrogens with zero attached hydrogens (tertiary/aromatic N) is 1. The predicted octanol–water partition coefficient (Wildman–Crippen LogP) is 7.82. The molecule has 1 aliphatic rings. The minimum atomic E-state index is -0.0865. The van der Waals surface area contributed by atoms with Crippen molar-refractivity contribution in [1.82, 2.24) is 0 Å². The van der Waals surface area contributed by atoms with Gasteiger partial charge in [-0.25, -0.2) is 4.99 Å². The van der Waals surface area contributed by atoms with Crippen LogP contribution < -0.4 is 14.8 Å². The maximum Gasteiger partial charge on any atom is 0.259 e. The van der Waals surface area contributed by atoms with Crippen LogP contribution in [0.15, 0.2) is 41.4 Å². The van der Waals surface area contributed by atoms with Crippen LogP contribution in [0, 0.1) is 13.8 Å². The van der Waals surface area contributed by atoms with Gasteiger partial charge in [-0.1, -0.05) is 31.9 Å². The smallest absolute Gasteiger partial charge is 0.259 e. The maximum atomic E-state index is 13.7. The van der Waals surface area contributed by atoms with E-state index in [4.69, 9.17) is 14.5 Å². The molecule has 0 unspecified atom stereocenters. The Morgan fingerprint density at radius 1 is 1.08 bits per heavy atom. The first-order valence-corrected chi connectivity index (χ1v) is 13.7. The van der Waals surface area contributed by atoms with E-state index in [1.807, 2.05) is 36.4 Å². The second-order valence-electron chi connectivity index (χ2n) is 9.34. The molecule has 0 fully saturated rings. The summed E-state index contributed by atoms with van der Waals surface area (Å²) in [5.41, 5.74) is 5.89. The van der Waals surface area contributed by atoms with Crippen LogP contribution in [-0.4, -0.2) is 25.8 Å². The predicted molar refractivity (Wildman–Crippen MR) is 150 cm³/mol. The van der Waals surface area contributed by atoms with Gasteiger partial charge in [0.15, 0.2) is 11.5 Å². The summed E-state index contributed by atoms with van der Waals surface area (Å²) in [6.07, 6.45) is 9.32. The van der Waals surface area contributed by atoms with E-state index in [0.29, 0.717) is 23.7 Å². The van der Waals surface area contributed by atoms with Gasteiger partial charge in [-0.2, -0.15) is 0 Å². The van der Waals surface area contributed by atoms with Gasteiger partial charge in [0, 0.05) is 22.3 Å². The van der Waals surface area contributed by atoms with Crippen LogP contribution in [0.3, 0.4) is 0 Å². The first-order chi connectivity index (χ1) is 17.5. The molecular weight excluding hydrogens is 468 g/mol. The molecule has 0 saturated carbocycles. The summed E-state index contributed by atoms with van der Waals surface area (Å²) in [6.45, 7) is 6.81. The lowest BCUT2D eigenvalue weighted by molar-refractivity contribution is 0.102. The third kappa shape index (κ3) is 5.98. The fraction of sp³-hybridized carbons (Fsp3) is 0.400. The largest absolute Gasteiger partial charge is 0.493 e. The van der Waals surface area contributed by atoms with Gasteiger partial charge in [-0.3, -0.25) is 4.79 Å². The van der Waals surface area contributed by atoms with Crippen molar-refractivity contribution in [1.29, 1.82) is 0 Å². The zero-order chi connectivity index (χ0) is 25.5. The van der Waals surface area contributed by atoms with Gasteiger partial charge < -0.3 is 14.8 Å². The fourth-order valence-corrected chi connectivity index (χ4v) is 5.76. The molecule has 0 spiro atoms. The van der Waals surface area contributed by atoms with Crippen molar-refractivity contribution in [2.75, 3.05) is 19.0 Å². The number of fused-ring (bicyclic) bond motifs is 1. The van der Waals surface area contributed by atoms with Crippen LogP contribution >= 0.6 is 11.3 Å².